The second-order valence-electron chi connectivity index (χ2n) is 6.09. The van der Waals surface area contributed by atoms with Crippen molar-refractivity contribution in [3.8, 4) is 0 Å². The van der Waals surface area contributed by atoms with E-state index in [9.17, 15) is 0 Å². The molecular weight excluding hydrogens is 308 g/mol. The van der Waals surface area contributed by atoms with Crippen LogP contribution < -0.4 is 10.6 Å². The number of aliphatic imine (C=N–C) groups is 1. The third kappa shape index (κ3) is 6.45. The topological polar surface area (TPSA) is 87.8 Å². The lowest BCUT2D eigenvalue weighted by Crippen LogP contribution is -2.40. The van der Waals surface area contributed by atoms with Crippen LogP contribution in [0.5, 0.6) is 0 Å². The van der Waals surface area contributed by atoms with E-state index in [4.69, 9.17) is 9.26 Å². The number of hydrogen-bond donors (Lipinski definition) is 2. The van der Waals surface area contributed by atoms with Gasteiger partial charge in [0.05, 0.1) is 19.8 Å². The Morgan fingerprint density at radius 3 is 2.75 bits per heavy atom. The Hall–Kier alpha value is -1.67. The first-order chi connectivity index (χ1) is 11.7. The minimum Gasteiger partial charge on any atom is -0.379 e. The third-order valence-electron chi connectivity index (χ3n) is 3.77. The average Bonchev–Trinajstić information content (AvgIpc) is 3.05. The van der Waals surface area contributed by atoms with Crippen LogP contribution >= 0.6 is 0 Å². The number of hydrogen-bond acceptors (Lipinski definition) is 6. The summed E-state index contributed by atoms with van der Waals surface area (Å²) in [4.78, 5) is 11.4. The van der Waals surface area contributed by atoms with Gasteiger partial charge in [0.25, 0.3) is 0 Å². The van der Waals surface area contributed by atoms with Crippen molar-refractivity contribution >= 4 is 5.96 Å². The van der Waals surface area contributed by atoms with Crippen LogP contribution in [-0.2, 0) is 11.2 Å². The maximum atomic E-state index is 5.36. The molecule has 0 spiro atoms. The lowest BCUT2D eigenvalue weighted by molar-refractivity contribution is 0.0394. The maximum absolute atomic E-state index is 5.36. The largest absolute Gasteiger partial charge is 0.379 e. The number of guanidine groups is 1. The molecule has 2 N–H and O–H groups in total. The van der Waals surface area contributed by atoms with E-state index in [2.05, 4.69) is 51.4 Å². The molecule has 2 rings (SSSR count). The number of aromatic nitrogens is 2. The van der Waals surface area contributed by atoms with Crippen LogP contribution in [0.25, 0.3) is 0 Å². The lowest BCUT2D eigenvalue weighted by Gasteiger charge is -2.25. The summed E-state index contributed by atoms with van der Waals surface area (Å²) in [5.41, 5.74) is 0. The predicted molar refractivity (Wildman–Crippen MR) is 93.3 cm³/mol. The minimum absolute atomic E-state index is 0.287. The van der Waals surface area contributed by atoms with Crippen LogP contribution in [0.1, 0.15) is 38.4 Å². The van der Waals surface area contributed by atoms with Crippen molar-refractivity contribution in [2.24, 2.45) is 4.99 Å². The van der Waals surface area contributed by atoms with Crippen molar-refractivity contribution in [1.82, 2.24) is 25.7 Å². The Bertz CT molecular complexity index is 497. The number of ether oxygens (including phenoxy) is 1. The van der Waals surface area contributed by atoms with E-state index in [0.717, 1.165) is 57.7 Å². The van der Waals surface area contributed by atoms with E-state index in [1.54, 1.807) is 0 Å². The Labute approximate surface area is 144 Å². The molecule has 0 bridgehead atoms. The number of morpholine rings is 1. The molecule has 0 amide bonds. The molecule has 2 heterocycles. The van der Waals surface area contributed by atoms with Gasteiger partial charge in [0.2, 0.25) is 5.89 Å². The summed E-state index contributed by atoms with van der Waals surface area (Å²) in [6.45, 7) is 13.1. The van der Waals surface area contributed by atoms with Crippen molar-refractivity contribution in [3.63, 3.8) is 0 Å². The van der Waals surface area contributed by atoms with Crippen LogP contribution in [-0.4, -0.2) is 73.5 Å². The average molecular weight is 338 g/mol. The first-order valence-electron chi connectivity index (χ1n) is 8.83. The molecule has 8 heteroatoms. The monoisotopic (exact) mass is 338 g/mol. The molecule has 0 atom stereocenters. The van der Waals surface area contributed by atoms with Gasteiger partial charge in [-0.05, 0) is 6.92 Å². The highest BCUT2D eigenvalue weighted by Gasteiger charge is 2.10. The van der Waals surface area contributed by atoms with E-state index in [1.807, 2.05) is 0 Å². The van der Waals surface area contributed by atoms with Crippen LogP contribution in [0.15, 0.2) is 9.52 Å². The maximum Gasteiger partial charge on any atom is 0.228 e. The molecule has 24 heavy (non-hydrogen) atoms. The molecular formula is C16H30N6O2. The van der Waals surface area contributed by atoms with Crippen molar-refractivity contribution in [2.45, 2.75) is 33.1 Å². The molecule has 0 saturated carbocycles. The highest BCUT2D eigenvalue weighted by Crippen LogP contribution is 2.09. The number of rotatable bonds is 8. The molecule has 1 aromatic heterocycles. The Morgan fingerprint density at radius 1 is 1.29 bits per heavy atom. The fourth-order valence-electron chi connectivity index (χ4n) is 2.36. The fourth-order valence-corrected chi connectivity index (χ4v) is 2.36. The third-order valence-corrected chi connectivity index (χ3v) is 3.77. The molecule has 1 fully saturated rings. The molecule has 0 aromatic carbocycles. The van der Waals surface area contributed by atoms with E-state index >= 15 is 0 Å². The van der Waals surface area contributed by atoms with E-state index in [0.29, 0.717) is 18.9 Å². The predicted octanol–water partition coefficient (Wildman–Crippen LogP) is 0.623. The standard InChI is InChI=1S/C16H30N6O2/c1-4-17-16(19-7-8-22-9-11-23-12-10-22)18-6-5-14-20-15(13(2)3)21-24-14/h13H,4-12H2,1-3H3,(H2,17,18,19). The van der Waals surface area contributed by atoms with Gasteiger partial charge in [0.1, 0.15) is 0 Å². The van der Waals surface area contributed by atoms with Crippen LogP contribution in [0.3, 0.4) is 0 Å². The van der Waals surface area contributed by atoms with Gasteiger partial charge in [-0.1, -0.05) is 19.0 Å². The molecule has 0 radical (unpaired) electrons. The van der Waals surface area contributed by atoms with Gasteiger partial charge in [-0.25, -0.2) is 0 Å². The smallest absolute Gasteiger partial charge is 0.228 e. The fraction of sp³-hybridized carbons (Fsp3) is 0.812. The molecule has 8 nitrogen and oxygen atoms in total. The summed E-state index contributed by atoms with van der Waals surface area (Å²) in [5, 5.41) is 10.5. The van der Waals surface area contributed by atoms with Gasteiger partial charge in [-0.2, -0.15) is 4.98 Å². The molecule has 0 unspecified atom stereocenters. The number of nitrogens with zero attached hydrogens (tertiary/aromatic N) is 4. The zero-order valence-corrected chi connectivity index (χ0v) is 15.0. The molecule has 1 aliphatic heterocycles. The van der Waals surface area contributed by atoms with E-state index in [-0.39, 0.29) is 5.92 Å². The van der Waals surface area contributed by atoms with Gasteiger partial charge in [0, 0.05) is 45.1 Å². The molecule has 1 aliphatic rings. The zero-order chi connectivity index (χ0) is 17.2. The second-order valence-corrected chi connectivity index (χ2v) is 6.09. The van der Waals surface area contributed by atoms with Gasteiger partial charge < -0.3 is 19.9 Å². The normalized spacial score (nSPS) is 16.6. The second kappa shape index (κ2) is 10.2. The summed E-state index contributed by atoms with van der Waals surface area (Å²) in [7, 11) is 0. The first kappa shape index (κ1) is 18.7. The van der Waals surface area contributed by atoms with Crippen LogP contribution in [0.4, 0.5) is 0 Å². The summed E-state index contributed by atoms with van der Waals surface area (Å²) >= 11 is 0. The van der Waals surface area contributed by atoms with Crippen molar-refractivity contribution < 1.29 is 9.26 Å². The van der Waals surface area contributed by atoms with Gasteiger partial charge in [-0.15, -0.1) is 0 Å². The van der Waals surface area contributed by atoms with Crippen molar-refractivity contribution in [1.29, 1.82) is 0 Å². The van der Waals surface area contributed by atoms with Crippen LogP contribution in [0.2, 0.25) is 0 Å². The summed E-state index contributed by atoms with van der Waals surface area (Å²) in [6.07, 6.45) is 0.688. The van der Waals surface area contributed by atoms with Crippen LogP contribution in [0, 0.1) is 0 Å². The van der Waals surface area contributed by atoms with Crippen molar-refractivity contribution in [2.75, 3.05) is 52.5 Å². The van der Waals surface area contributed by atoms with Gasteiger partial charge >= 0.3 is 0 Å². The quantitative estimate of drug-likeness (QED) is 0.531. The first-order valence-corrected chi connectivity index (χ1v) is 8.83. The highest BCUT2D eigenvalue weighted by atomic mass is 16.5. The van der Waals surface area contributed by atoms with E-state index in [1.165, 1.54) is 0 Å². The molecule has 136 valence electrons. The Morgan fingerprint density at radius 2 is 2.08 bits per heavy atom. The zero-order valence-electron chi connectivity index (χ0n) is 15.0. The summed E-state index contributed by atoms with van der Waals surface area (Å²) in [6, 6.07) is 0. The number of nitrogens with one attached hydrogen (secondary N) is 2. The SMILES string of the molecule is CCNC(=NCCN1CCOCC1)NCCc1nc(C(C)C)no1. The molecule has 1 saturated heterocycles. The Kier molecular flexibility index (Phi) is 7.97. The lowest BCUT2D eigenvalue weighted by atomic mass is 10.2. The highest BCUT2D eigenvalue weighted by molar-refractivity contribution is 5.79. The molecule has 1 aromatic rings. The molecule has 0 aliphatic carbocycles. The summed E-state index contributed by atoms with van der Waals surface area (Å²) in [5.74, 6) is 2.54. The van der Waals surface area contributed by atoms with Gasteiger partial charge in [-0.3, -0.25) is 9.89 Å². The summed E-state index contributed by atoms with van der Waals surface area (Å²) < 4.78 is 10.6. The van der Waals surface area contributed by atoms with E-state index < -0.39 is 0 Å². The minimum atomic E-state index is 0.287. The van der Waals surface area contributed by atoms with Gasteiger partial charge in [0.15, 0.2) is 11.8 Å². The Balaban J connectivity index is 1.71. The van der Waals surface area contributed by atoms with Crippen molar-refractivity contribution in [3.05, 3.63) is 11.7 Å².